The Balaban J connectivity index is 1.87. The zero-order valence-electron chi connectivity index (χ0n) is 15.3. The van der Waals surface area contributed by atoms with E-state index in [1.54, 1.807) is 18.0 Å². The third-order valence-corrected chi connectivity index (χ3v) is 6.86. The SMILES string of the molecule is Cc1cccc(Nc2ccccc2C(=O)N(C)[C@H]2CCS(=O)(=O)C2)c1C. The van der Waals surface area contributed by atoms with Gasteiger partial charge in [-0.1, -0.05) is 24.3 Å². The van der Waals surface area contributed by atoms with Gasteiger partial charge < -0.3 is 10.2 Å². The molecule has 3 rings (SSSR count). The van der Waals surface area contributed by atoms with Crippen LogP contribution < -0.4 is 5.32 Å². The predicted octanol–water partition coefficient (Wildman–Crippen LogP) is 3.31. The molecule has 0 saturated carbocycles. The lowest BCUT2D eigenvalue weighted by molar-refractivity contribution is 0.0748. The molecule has 138 valence electrons. The van der Waals surface area contributed by atoms with Gasteiger partial charge in [-0.25, -0.2) is 8.42 Å². The molecule has 6 heteroatoms. The number of nitrogens with one attached hydrogen (secondary N) is 1. The van der Waals surface area contributed by atoms with E-state index in [2.05, 4.69) is 5.32 Å². The van der Waals surface area contributed by atoms with Crippen LogP contribution in [0.25, 0.3) is 0 Å². The third kappa shape index (κ3) is 3.75. The highest BCUT2D eigenvalue weighted by atomic mass is 32.2. The zero-order valence-corrected chi connectivity index (χ0v) is 16.1. The maximum absolute atomic E-state index is 13.0. The van der Waals surface area contributed by atoms with E-state index >= 15 is 0 Å². The Morgan fingerprint density at radius 1 is 1.08 bits per heavy atom. The van der Waals surface area contributed by atoms with E-state index in [-0.39, 0.29) is 23.5 Å². The third-order valence-electron chi connectivity index (χ3n) is 5.11. The van der Waals surface area contributed by atoms with Crippen LogP contribution in [0.4, 0.5) is 11.4 Å². The number of benzene rings is 2. The minimum absolute atomic E-state index is 0.0435. The first-order valence-corrected chi connectivity index (χ1v) is 10.5. The van der Waals surface area contributed by atoms with Crippen molar-refractivity contribution >= 4 is 27.1 Å². The summed E-state index contributed by atoms with van der Waals surface area (Å²) in [6.45, 7) is 4.09. The molecule has 1 amide bonds. The summed E-state index contributed by atoms with van der Waals surface area (Å²) in [5.41, 5.74) is 4.52. The number of carbonyl (C=O) groups is 1. The van der Waals surface area contributed by atoms with Gasteiger partial charge in [0.05, 0.1) is 22.8 Å². The van der Waals surface area contributed by atoms with E-state index in [1.807, 2.05) is 50.2 Å². The number of para-hydroxylation sites is 1. The fourth-order valence-electron chi connectivity index (χ4n) is 3.25. The standard InChI is InChI=1S/C20H24N2O3S/c1-14-7-6-10-18(15(14)2)21-19-9-5-4-8-17(19)20(23)22(3)16-11-12-26(24,25)13-16/h4-10,16,21H,11-13H2,1-3H3/t16-/m0/s1. The van der Waals surface area contributed by atoms with Crippen molar-refractivity contribution in [2.24, 2.45) is 0 Å². The number of aryl methyl sites for hydroxylation is 1. The van der Waals surface area contributed by atoms with Gasteiger partial charge in [0, 0.05) is 18.8 Å². The highest BCUT2D eigenvalue weighted by Crippen LogP contribution is 2.27. The fraction of sp³-hybridized carbons (Fsp3) is 0.350. The second-order valence-corrected chi connectivity index (χ2v) is 9.12. The molecule has 0 bridgehead atoms. The number of nitrogens with zero attached hydrogens (tertiary/aromatic N) is 1. The summed E-state index contributed by atoms with van der Waals surface area (Å²) in [5.74, 6) is 0.0277. The summed E-state index contributed by atoms with van der Waals surface area (Å²) in [6.07, 6.45) is 0.497. The highest BCUT2D eigenvalue weighted by molar-refractivity contribution is 7.91. The Hall–Kier alpha value is -2.34. The molecular weight excluding hydrogens is 348 g/mol. The molecule has 1 saturated heterocycles. The number of hydrogen-bond donors (Lipinski definition) is 1. The molecule has 0 spiro atoms. The Bertz CT molecular complexity index is 938. The molecule has 0 aromatic heterocycles. The van der Waals surface area contributed by atoms with E-state index in [0.29, 0.717) is 12.0 Å². The van der Waals surface area contributed by atoms with Gasteiger partial charge in [-0.2, -0.15) is 0 Å². The first-order chi connectivity index (χ1) is 12.3. The highest BCUT2D eigenvalue weighted by Gasteiger charge is 2.33. The Labute approximate surface area is 154 Å². The summed E-state index contributed by atoms with van der Waals surface area (Å²) in [7, 11) is -1.35. The smallest absolute Gasteiger partial charge is 0.255 e. The number of hydrogen-bond acceptors (Lipinski definition) is 4. The lowest BCUT2D eigenvalue weighted by Gasteiger charge is -2.25. The Morgan fingerprint density at radius 3 is 2.46 bits per heavy atom. The van der Waals surface area contributed by atoms with Gasteiger partial charge in [0.1, 0.15) is 0 Å². The molecule has 1 heterocycles. The van der Waals surface area contributed by atoms with Gasteiger partial charge in [0.2, 0.25) is 0 Å². The minimum atomic E-state index is -3.03. The van der Waals surface area contributed by atoms with E-state index in [4.69, 9.17) is 0 Å². The van der Waals surface area contributed by atoms with Gasteiger partial charge in [-0.05, 0) is 49.6 Å². The molecule has 1 atom stereocenters. The molecule has 1 aliphatic heterocycles. The summed E-state index contributed by atoms with van der Waals surface area (Å²) < 4.78 is 23.5. The molecule has 26 heavy (non-hydrogen) atoms. The quantitative estimate of drug-likeness (QED) is 0.894. The van der Waals surface area contributed by atoms with Crippen LogP contribution in [0.5, 0.6) is 0 Å². The molecule has 2 aromatic rings. The number of amides is 1. The van der Waals surface area contributed by atoms with Crippen LogP contribution in [0, 0.1) is 13.8 Å². The number of sulfone groups is 1. The van der Waals surface area contributed by atoms with Crippen molar-refractivity contribution < 1.29 is 13.2 Å². The van der Waals surface area contributed by atoms with Crippen LogP contribution in [-0.4, -0.2) is 43.8 Å². The Kier molecular flexibility index (Phi) is 5.05. The summed E-state index contributed by atoms with van der Waals surface area (Å²) in [4.78, 5) is 14.6. The topological polar surface area (TPSA) is 66.5 Å². The average Bonchev–Trinajstić information content (AvgIpc) is 2.98. The number of anilines is 2. The van der Waals surface area contributed by atoms with Gasteiger partial charge in [0.25, 0.3) is 5.91 Å². The zero-order chi connectivity index (χ0) is 18.9. The van der Waals surface area contributed by atoms with Crippen molar-refractivity contribution in [2.75, 3.05) is 23.9 Å². The largest absolute Gasteiger partial charge is 0.355 e. The van der Waals surface area contributed by atoms with E-state index in [0.717, 1.165) is 16.9 Å². The van der Waals surface area contributed by atoms with E-state index < -0.39 is 9.84 Å². The Morgan fingerprint density at radius 2 is 1.77 bits per heavy atom. The number of carbonyl (C=O) groups excluding carboxylic acids is 1. The molecule has 0 unspecified atom stereocenters. The molecule has 0 aliphatic carbocycles. The van der Waals surface area contributed by atoms with Crippen LogP contribution >= 0.6 is 0 Å². The monoisotopic (exact) mass is 372 g/mol. The first kappa shape index (κ1) is 18.5. The van der Waals surface area contributed by atoms with Gasteiger partial charge in [0.15, 0.2) is 9.84 Å². The van der Waals surface area contributed by atoms with Crippen molar-refractivity contribution in [1.29, 1.82) is 0 Å². The molecule has 2 aromatic carbocycles. The molecule has 1 N–H and O–H groups in total. The summed E-state index contributed by atoms with van der Waals surface area (Å²) in [6, 6.07) is 13.1. The fourth-order valence-corrected chi connectivity index (χ4v) is 5.02. The van der Waals surface area contributed by atoms with Crippen LogP contribution in [0.3, 0.4) is 0 Å². The first-order valence-electron chi connectivity index (χ1n) is 8.68. The molecule has 1 fully saturated rings. The van der Waals surface area contributed by atoms with Crippen molar-refractivity contribution in [2.45, 2.75) is 26.3 Å². The molecule has 1 aliphatic rings. The lowest BCUT2D eigenvalue weighted by Crippen LogP contribution is -2.38. The van der Waals surface area contributed by atoms with Crippen LogP contribution in [-0.2, 0) is 9.84 Å². The molecular formula is C20H24N2O3S. The number of rotatable bonds is 4. The normalized spacial score (nSPS) is 18.5. The van der Waals surface area contributed by atoms with Crippen LogP contribution in [0.2, 0.25) is 0 Å². The predicted molar refractivity (Wildman–Crippen MR) is 105 cm³/mol. The maximum Gasteiger partial charge on any atom is 0.255 e. The molecule has 0 radical (unpaired) electrons. The second-order valence-electron chi connectivity index (χ2n) is 6.89. The average molecular weight is 372 g/mol. The lowest BCUT2D eigenvalue weighted by atomic mass is 10.1. The van der Waals surface area contributed by atoms with Gasteiger partial charge >= 0.3 is 0 Å². The molecule has 5 nitrogen and oxygen atoms in total. The van der Waals surface area contributed by atoms with Crippen LogP contribution in [0.15, 0.2) is 42.5 Å². The van der Waals surface area contributed by atoms with Crippen LogP contribution in [0.1, 0.15) is 27.9 Å². The van der Waals surface area contributed by atoms with Gasteiger partial charge in [-0.15, -0.1) is 0 Å². The van der Waals surface area contributed by atoms with Crippen molar-refractivity contribution in [1.82, 2.24) is 4.90 Å². The second kappa shape index (κ2) is 7.11. The van der Waals surface area contributed by atoms with Crippen molar-refractivity contribution in [3.63, 3.8) is 0 Å². The van der Waals surface area contributed by atoms with E-state index in [1.165, 1.54) is 5.56 Å². The minimum Gasteiger partial charge on any atom is -0.355 e. The summed E-state index contributed by atoms with van der Waals surface area (Å²) in [5, 5.41) is 3.36. The van der Waals surface area contributed by atoms with E-state index in [9.17, 15) is 13.2 Å². The maximum atomic E-state index is 13.0. The summed E-state index contributed by atoms with van der Waals surface area (Å²) >= 11 is 0. The van der Waals surface area contributed by atoms with Crippen molar-refractivity contribution in [3.8, 4) is 0 Å². The van der Waals surface area contributed by atoms with Gasteiger partial charge in [-0.3, -0.25) is 4.79 Å². The van der Waals surface area contributed by atoms with Crippen molar-refractivity contribution in [3.05, 3.63) is 59.2 Å².